The van der Waals surface area contributed by atoms with E-state index in [0.29, 0.717) is 6.54 Å². The van der Waals surface area contributed by atoms with Gasteiger partial charge in [-0.2, -0.15) is 0 Å². The molecule has 1 fully saturated rings. The quantitative estimate of drug-likeness (QED) is 0.912. The fourth-order valence-electron chi connectivity index (χ4n) is 2.68. The summed E-state index contributed by atoms with van der Waals surface area (Å²) in [5.74, 6) is -1.68. The predicted octanol–water partition coefficient (Wildman–Crippen LogP) is 3.03. The van der Waals surface area contributed by atoms with Gasteiger partial charge in [0.2, 0.25) is 0 Å². The van der Waals surface area contributed by atoms with Crippen LogP contribution in [0.5, 0.6) is 0 Å². The van der Waals surface area contributed by atoms with Gasteiger partial charge >= 0.3 is 12.1 Å². The lowest BCUT2D eigenvalue weighted by Gasteiger charge is -2.24. The highest BCUT2D eigenvalue weighted by molar-refractivity contribution is 5.76. The first-order valence-corrected chi connectivity index (χ1v) is 7.44. The molecule has 0 unspecified atom stereocenters. The number of hydrogen-bond donors (Lipinski definition) is 1. The number of aryl methyl sites for hydroxylation is 1. The van der Waals surface area contributed by atoms with Crippen LogP contribution in [0.2, 0.25) is 0 Å². The smallest absolute Gasteiger partial charge is 0.410 e. The number of rotatable bonds is 2. The molecule has 120 valence electrons. The minimum atomic E-state index is -0.878. The van der Waals surface area contributed by atoms with E-state index in [2.05, 4.69) is 0 Å². The SMILES string of the molecule is Cc1ccc([C@@H]2CN(C(=O)OC(C)(C)C)C[C@H]2C(=O)O)cc1. The molecule has 1 heterocycles. The molecule has 1 N–H and O–H groups in total. The third-order valence-corrected chi connectivity index (χ3v) is 3.79. The lowest BCUT2D eigenvalue weighted by molar-refractivity contribution is -0.141. The standard InChI is InChI=1S/C17H23NO4/c1-11-5-7-12(8-6-11)13-9-18(10-14(13)15(19)20)16(21)22-17(2,3)4/h5-8,13-14H,9-10H2,1-4H3,(H,19,20)/t13-,14+/m0/s1. The molecule has 2 rings (SSSR count). The molecule has 1 amide bonds. The molecule has 2 atom stereocenters. The Morgan fingerprint density at radius 2 is 1.77 bits per heavy atom. The van der Waals surface area contributed by atoms with Crippen molar-refractivity contribution >= 4 is 12.1 Å². The van der Waals surface area contributed by atoms with Crippen molar-refractivity contribution in [2.75, 3.05) is 13.1 Å². The fraction of sp³-hybridized carbons (Fsp3) is 0.529. The zero-order valence-electron chi connectivity index (χ0n) is 13.5. The molecule has 0 aliphatic carbocycles. The first kappa shape index (κ1) is 16.3. The highest BCUT2D eigenvalue weighted by Crippen LogP contribution is 2.33. The second-order valence-electron chi connectivity index (χ2n) is 6.85. The van der Waals surface area contributed by atoms with Crippen molar-refractivity contribution in [2.24, 2.45) is 5.92 Å². The summed E-state index contributed by atoms with van der Waals surface area (Å²) in [5, 5.41) is 9.45. The number of carboxylic acids is 1. The molecule has 0 aromatic heterocycles. The minimum Gasteiger partial charge on any atom is -0.481 e. The molecule has 1 aliphatic rings. The highest BCUT2D eigenvalue weighted by atomic mass is 16.6. The molecule has 0 saturated carbocycles. The first-order valence-electron chi connectivity index (χ1n) is 7.44. The number of benzene rings is 1. The molecule has 5 heteroatoms. The van der Waals surface area contributed by atoms with Gasteiger partial charge in [0.15, 0.2) is 0 Å². The number of carbonyl (C=O) groups excluding carboxylic acids is 1. The van der Waals surface area contributed by atoms with E-state index in [9.17, 15) is 14.7 Å². The molecule has 0 radical (unpaired) electrons. The summed E-state index contributed by atoms with van der Waals surface area (Å²) >= 11 is 0. The van der Waals surface area contributed by atoms with Crippen LogP contribution in [0, 0.1) is 12.8 Å². The Hall–Kier alpha value is -2.04. The minimum absolute atomic E-state index is 0.183. The molecular weight excluding hydrogens is 282 g/mol. The second-order valence-corrected chi connectivity index (χ2v) is 6.85. The Morgan fingerprint density at radius 1 is 1.18 bits per heavy atom. The number of amides is 1. The first-order chi connectivity index (χ1) is 10.2. The van der Waals surface area contributed by atoms with Gasteiger partial charge in [0.25, 0.3) is 0 Å². The summed E-state index contributed by atoms with van der Waals surface area (Å²) in [4.78, 5) is 25.2. The van der Waals surface area contributed by atoms with E-state index >= 15 is 0 Å². The molecule has 22 heavy (non-hydrogen) atoms. The number of hydrogen-bond acceptors (Lipinski definition) is 3. The molecular formula is C17H23NO4. The van der Waals surface area contributed by atoms with Gasteiger partial charge in [-0.05, 0) is 33.3 Å². The average Bonchev–Trinajstić information content (AvgIpc) is 2.83. The van der Waals surface area contributed by atoms with Crippen molar-refractivity contribution in [1.82, 2.24) is 4.90 Å². The summed E-state index contributed by atoms with van der Waals surface area (Å²) in [6.45, 7) is 7.94. The number of aliphatic carboxylic acids is 1. The van der Waals surface area contributed by atoms with Crippen molar-refractivity contribution in [2.45, 2.75) is 39.2 Å². The average molecular weight is 305 g/mol. The zero-order chi connectivity index (χ0) is 16.5. The Balaban J connectivity index is 2.18. The van der Waals surface area contributed by atoms with Crippen LogP contribution < -0.4 is 0 Å². The van der Waals surface area contributed by atoms with Gasteiger partial charge < -0.3 is 14.7 Å². The van der Waals surface area contributed by atoms with Crippen LogP contribution in [0.4, 0.5) is 4.79 Å². The lowest BCUT2D eigenvalue weighted by Crippen LogP contribution is -2.35. The maximum atomic E-state index is 12.2. The van der Waals surface area contributed by atoms with Gasteiger partial charge in [-0.3, -0.25) is 4.79 Å². The van der Waals surface area contributed by atoms with Crippen molar-refractivity contribution in [3.8, 4) is 0 Å². The third-order valence-electron chi connectivity index (χ3n) is 3.79. The van der Waals surface area contributed by atoms with Crippen LogP contribution in [0.3, 0.4) is 0 Å². The van der Waals surface area contributed by atoms with Crippen molar-refractivity contribution in [3.63, 3.8) is 0 Å². The number of carboxylic acid groups (broad SMARTS) is 1. The molecule has 1 aliphatic heterocycles. The molecule has 0 spiro atoms. The van der Waals surface area contributed by atoms with Crippen molar-refractivity contribution in [3.05, 3.63) is 35.4 Å². The van der Waals surface area contributed by atoms with Gasteiger partial charge in [-0.15, -0.1) is 0 Å². The van der Waals surface area contributed by atoms with Crippen LogP contribution >= 0.6 is 0 Å². The summed E-state index contributed by atoms with van der Waals surface area (Å²) in [6.07, 6.45) is -0.451. The summed E-state index contributed by atoms with van der Waals surface area (Å²) in [5.41, 5.74) is 1.49. The lowest BCUT2D eigenvalue weighted by atomic mass is 9.89. The molecule has 1 saturated heterocycles. The largest absolute Gasteiger partial charge is 0.481 e. The molecule has 0 bridgehead atoms. The fourth-order valence-corrected chi connectivity index (χ4v) is 2.68. The van der Waals surface area contributed by atoms with E-state index in [4.69, 9.17) is 4.74 Å². The van der Waals surface area contributed by atoms with Crippen LogP contribution in [-0.2, 0) is 9.53 Å². The van der Waals surface area contributed by atoms with Gasteiger partial charge in [0.05, 0.1) is 5.92 Å². The van der Waals surface area contributed by atoms with Gasteiger partial charge in [-0.1, -0.05) is 29.8 Å². The van der Waals surface area contributed by atoms with Crippen molar-refractivity contribution in [1.29, 1.82) is 0 Å². The van der Waals surface area contributed by atoms with E-state index < -0.39 is 23.6 Å². The van der Waals surface area contributed by atoms with E-state index in [1.54, 1.807) is 20.8 Å². The number of nitrogens with zero attached hydrogens (tertiary/aromatic N) is 1. The van der Waals surface area contributed by atoms with Crippen LogP contribution in [-0.4, -0.2) is 40.8 Å². The Labute approximate surface area is 130 Å². The maximum Gasteiger partial charge on any atom is 0.410 e. The van der Waals surface area contributed by atoms with Crippen LogP contribution in [0.15, 0.2) is 24.3 Å². The van der Waals surface area contributed by atoms with E-state index in [1.165, 1.54) is 4.90 Å². The zero-order valence-corrected chi connectivity index (χ0v) is 13.5. The van der Waals surface area contributed by atoms with Crippen molar-refractivity contribution < 1.29 is 19.4 Å². The topological polar surface area (TPSA) is 66.8 Å². The van der Waals surface area contributed by atoms with Gasteiger partial charge in [-0.25, -0.2) is 4.79 Å². The molecule has 5 nitrogen and oxygen atoms in total. The number of carbonyl (C=O) groups is 2. The van der Waals surface area contributed by atoms with Crippen LogP contribution in [0.25, 0.3) is 0 Å². The monoisotopic (exact) mass is 305 g/mol. The summed E-state index contributed by atoms with van der Waals surface area (Å²) in [7, 11) is 0. The van der Waals surface area contributed by atoms with Gasteiger partial charge in [0, 0.05) is 19.0 Å². The Kier molecular flexibility index (Phi) is 4.44. The normalized spacial score (nSPS) is 21.7. The Morgan fingerprint density at radius 3 is 2.27 bits per heavy atom. The number of ether oxygens (including phenoxy) is 1. The number of likely N-dealkylation sites (tertiary alicyclic amines) is 1. The van der Waals surface area contributed by atoms with Crippen LogP contribution in [0.1, 0.15) is 37.8 Å². The maximum absolute atomic E-state index is 12.2. The van der Waals surface area contributed by atoms with E-state index in [0.717, 1.165) is 11.1 Å². The molecule has 1 aromatic carbocycles. The summed E-state index contributed by atoms with van der Waals surface area (Å²) < 4.78 is 5.35. The molecule has 1 aromatic rings. The predicted molar refractivity (Wildman–Crippen MR) is 82.9 cm³/mol. The summed E-state index contributed by atoms with van der Waals surface area (Å²) in [6, 6.07) is 7.80. The van der Waals surface area contributed by atoms with E-state index in [-0.39, 0.29) is 12.5 Å². The Bertz CT molecular complexity index is 559. The highest BCUT2D eigenvalue weighted by Gasteiger charge is 2.41. The third kappa shape index (κ3) is 3.78. The van der Waals surface area contributed by atoms with Gasteiger partial charge in [0.1, 0.15) is 5.60 Å². The second kappa shape index (κ2) is 5.99. The van der Waals surface area contributed by atoms with E-state index in [1.807, 2.05) is 31.2 Å².